The summed E-state index contributed by atoms with van der Waals surface area (Å²) in [7, 11) is 0. The number of hydrogen-bond acceptors (Lipinski definition) is 3. The van der Waals surface area contributed by atoms with E-state index in [0.29, 0.717) is 0 Å². The van der Waals surface area contributed by atoms with Crippen molar-refractivity contribution in [2.24, 2.45) is 0 Å². The molecule has 1 aliphatic rings. The van der Waals surface area contributed by atoms with Gasteiger partial charge in [-0.1, -0.05) is 42.5 Å². The molecule has 1 saturated heterocycles. The lowest BCUT2D eigenvalue weighted by Gasteiger charge is -2.40. The van der Waals surface area contributed by atoms with E-state index < -0.39 is 0 Å². The van der Waals surface area contributed by atoms with E-state index in [-0.39, 0.29) is 11.9 Å². The van der Waals surface area contributed by atoms with Crippen LogP contribution in [0.4, 0.5) is 0 Å². The van der Waals surface area contributed by atoms with Crippen LogP contribution in [0, 0.1) is 13.8 Å². The number of piperazine rings is 1. The fourth-order valence-corrected chi connectivity index (χ4v) is 4.25. The van der Waals surface area contributed by atoms with Gasteiger partial charge >= 0.3 is 0 Å². The molecule has 0 spiro atoms. The monoisotopic (exact) mass is 402 g/mol. The van der Waals surface area contributed by atoms with E-state index >= 15 is 0 Å². The number of hydrogen-bond donors (Lipinski definition) is 0. The number of rotatable bonds is 5. The summed E-state index contributed by atoms with van der Waals surface area (Å²) >= 11 is 0. The molecule has 2 heterocycles. The molecule has 2 aromatic carbocycles. The maximum atomic E-state index is 13.1. The van der Waals surface area contributed by atoms with Crippen molar-refractivity contribution in [1.82, 2.24) is 19.6 Å². The molecule has 1 aromatic heterocycles. The highest BCUT2D eigenvalue weighted by Gasteiger charge is 2.28. The van der Waals surface area contributed by atoms with Crippen LogP contribution in [0.15, 0.2) is 60.7 Å². The quantitative estimate of drug-likeness (QED) is 0.650. The Morgan fingerprint density at radius 1 is 0.967 bits per heavy atom. The van der Waals surface area contributed by atoms with Crippen molar-refractivity contribution in [2.45, 2.75) is 39.9 Å². The minimum atomic E-state index is 0.125. The highest BCUT2D eigenvalue weighted by Crippen LogP contribution is 2.17. The number of benzene rings is 2. The molecule has 1 atom stereocenters. The number of carbonyl (C=O) groups excluding carboxylic acids is 1. The maximum Gasteiger partial charge on any atom is 0.254 e. The molecule has 0 aliphatic carbocycles. The van der Waals surface area contributed by atoms with Crippen LogP contribution >= 0.6 is 0 Å². The van der Waals surface area contributed by atoms with Gasteiger partial charge in [0.2, 0.25) is 0 Å². The Morgan fingerprint density at radius 2 is 1.67 bits per heavy atom. The summed E-state index contributed by atoms with van der Waals surface area (Å²) < 4.78 is 2.00. The predicted octanol–water partition coefficient (Wildman–Crippen LogP) is 3.89. The highest BCUT2D eigenvalue weighted by atomic mass is 16.2. The van der Waals surface area contributed by atoms with Gasteiger partial charge in [-0.2, -0.15) is 5.10 Å². The van der Waals surface area contributed by atoms with Crippen LogP contribution < -0.4 is 0 Å². The summed E-state index contributed by atoms with van der Waals surface area (Å²) in [5.74, 6) is 0.125. The first-order valence-electron chi connectivity index (χ1n) is 10.7. The highest BCUT2D eigenvalue weighted by molar-refractivity contribution is 5.94. The zero-order valence-electron chi connectivity index (χ0n) is 18.1. The summed E-state index contributed by atoms with van der Waals surface area (Å²) in [5.41, 5.74) is 5.41. The normalized spacial score (nSPS) is 17.3. The molecule has 5 heteroatoms. The second-order valence-corrected chi connectivity index (χ2v) is 8.35. The van der Waals surface area contributed by atoms with Gasteiger partial charge in [0.15, 0.2) is 0 Å². The summed E-state index contributed by atoms with van der Waals surface area (Å²) in [5, 5.41) is 4.52. The fraction of sp³-hybridized carbons (Fsp3) is 0.360. The van der Waals surface area contributed by atoms with Crippen LogP contribution in [0.2, 0.25) is 0 Å². The molecular formula is C25H30N4O. The minimum absolute atomic E-state index is 0.125. The summed E-state index contributed by atoms with van der Waals surface area (Å²) in [6.07, 6.45) is 0. The lowest BCUT2D eigenvalue weighted by molar-refractivity contribution is 0.0475. The summed E-state index contributed by atoms with van der Waals surface area (Å²) in [6.45, 7) is 10.4. The van der Waals surface area contributed by atoms with E-state index in [4.69, 9.17) is 0 Å². The van der Waals surface area contributed by atoms with Crippen molar-refractivity contribution >= 4 is 5.91 Å². The molecular weight excluding hydrogens is 372 g/mol. The number of amides is 1. The third kappa shape index (κ3) is 4.62. The van der Waals surface area contributed by atoms with E-state index in [1.54, 1.807) is 0 Å². The third-order valence-electron chi connectivity index (χ3n) is 5.86. The molecule has 0 N–H and O–H groups in total. The van der Waals surface area contributed by atoms with Crippen LogP contribution in [0.5, 0.6) is 0 Å². The fourth-order valence-electron chi connectivity index (χ4n) is 4.25. The van der Waals surface area contributed by atoms with Gasteiger partial charge in [0.25, 0.3) is 5.91 Å². The molecule has 1 amide bonds. The van der Waals surface area contributed by atoms with E-state index in [1.807, 2.05) is 46.8 Å². The van der Waals surface area contributed by atoms with Crippen molar-refractivity contribution in [3.05, 3.63) is 88.7 Å². The Kier molecular flexibility index (Phi) is 6.00. The van der Waals surface area contributed by atoms with Crippen LogP contribution in [-0.2, 0) is 13.1 Å². The standard InChI is InChI=1S/C25H30N4O/c1-19-15-20(2)29(26-19)18-23-9-11-24(12-10-23)25(30)28-14-13-27(16-21(28)3)17-22-7-5-4-6-8-22/h4-12,15,21H,13-14,16-18H2,1-3H3. The number of carbonyl (C=O) groups is 1. The molecule has 5 nitrogen and oxygen atoms in total. The van der Waals surface area contributed by atoms with Crippen LogP contribution in [0.1, 0.15) is 39.8 Å². The zero-order valence-corrected chi connectivity index (χ0v) is 18.1. The molecule has 3 aromatic rings. The third-order valence-corrected chi connectivity index (χ3v) is 5.86. The molecule has 1 aliphatic heterocycles. The van der Waals surface area contributed by atoms with Gasteiger partial charge in [-0.25, -0.2) is 0 Å². The second-order valence-electron chi connectivity index (χ2n) is 8.35. The molecule has 0 radical (unpaired) electrons. The average Bonchev–Trinajstić information content (AvgIpc) is 3.05. The van der Waals surface area contributed by atoms with Crippen LogP contribution in [-0.4, -0.2) is 51.2 Å². The number of nitrogens with zero attached hydrogens (tertiary/aromatic N) is 4. The molecule has 1 fully saturated rings. The van der Waals surface area contributed by atoms with Gasteiger partial charge in [0, 0.05) is 43.5 Å². The SMILES string of the molecule is Cc1cc(C)n(Cc2ccc(C(=O)N3CCN(Cc4ccccc4)CC3C)cc2)n1. The van der Waals surface area contributed by atoms with E-state index in [9.17, 15) is 4.79 Å². The molecule has 4 rings (SSSR count). The Hall–Kier alpha value is -2.92. The van der Waals surface area contributed by atoms with E-state index in [2.05, 4.69) is 54.2 Å². The van der Waals surface area contributed by atoms with Gasteiger partial charge in [-0.05, 0) is 50.1 Å². The first kappa shape index (κ1) is 20.4. The smallest absolute Gasteiger partial charge is 0.254 e. The Labute approximate surface area is 178 Å². The van der Waals surface area contributed by atoms with Gasteiger partial charge in [0.1, 0.15) is 0 Å². The lowest BCUT2D eigenvalue weighted by atomic mass is 10.1. The number of aromatic nitrogens is 2. The van der Waals surface area contributed by atoms with E-state index in [1.165, 1.54) is 5.56 Å². The van der Waals surface area contributed by atoms with Crippen LogP contribution in [0.3, 0.4) is 0 Å². The maximum absolute atomic E-state index is 13.1. The van der Waals surface area contributed by atoms with Gasteiger partial charge < -0.3 is 4.90 Å². The van der Waals surface area contributed by atoms with Gasteiger partial charge in [-0.15, -0.1) is 0 Å². The van der Waals surface area contributed by atoms with E-state index in [0.717, 1.165) is 55.2 Å². The Balaban J connectivity index is 1.36. The Morgan fingerprint density at radius 3 is 2.30 bits per heavy atom. The lowest BCUT2D eigenvalue weighted by Crippen LogP contribution is -2.53. The molecule has 30 heavy (non-hydrogen) atoms. The second kappa shape index (κ2) is 8.84. The first-order valence-corrected chi connectivity index (χ1v) is 10.7. The average molecular weight is 403 g/mol. The van der Waals surface area contributed by atoms with Crippen molar-refractivity contribution in [1.29, 1.82) is 0 Å². The molecule has 0 saturated carbocycles. The summed E-state index contributed by atoms with van der Waals surface area (Å²) in [4.78, 5) is 17.5. The van der Waals surface area contributed by atoms with Crippen LogP contribution in [0.25, 0.3) is 0 Å². The van der Waals surface area contributed by atoms with Crippen molar-refractivity contribution < 1.29 is 4.79 Å². The zero-order chi connectivity index (χ0) is 21.1. The predicted molar refractivity (Wildman–Crippen MR) is 119 cm³/mol. The minimum Gasteiger partial charge on any atom is -0.333 e. The van der Waals surface area contributed by atoms with Crippen molar-refractivity contribution in [3.8, 4) is 0 Å². The van der Waals surface area contributed by atoms with Gasteiger partial charge in [0.05, 0.1) is 12.2 Å². The topological polar surface area (TPSA) is 41.4 Å². The molecule has 1 unspecified atom stereocenters. The van der Waals surface area contributed by atoms with Crippen molar-refractivity contribution in [2.75, 3.05) is 19.6 Å². The van der Waals surface area contributed by atoms with Gasteiger partial charge in [-0.3, -0.25) is 14.4 Å². The largest absolute Gasteiger partial charge is 0.333 e. The van der Waals surface area contributed by atoms with Crippen molar-refractivity contribution in [3.63, 3.8) is 0 Å². The first-order chi connectivity index (χ1) is 14.5. The molecule has 0 bridgehead atoms. The molecule has 156 valence electrons. The Bertz CT molecular complexity index is 994. The number of aryl methyl sites for hydroxylation is 2. The summed E-state index contributed by atoms with van der Waals surface area (Å²) in [6, 6.07) is 20.8.